The van der Waals surface area contributed by atoms with Gasteiger partial charge in [0, 0.05) is 19.5 Å². The zero-order valence-electron chi connectivity index (χ0n) is 11.9. The van der Waals surface area contributed by atoms with E-state index in [0.29, 0.717) is 13.1 Å². The van der Waals surface area contributed by atoms with Crippen molar-refractivity contribution in [1.82, 2.24) is 4.90 Å². The van der Waals surface area contributed by atoms with E-state index in [-0.39, 0.29) is 23.1 Å². The van der Waals surface area contributed by atoms with Gasteiger partial charge >= 0.3 is 0 Å². The third kappa shape index (κ3) is 5.33. The molecule has 1 atom stereocenters. The largest absolute Gasteiger partial charge is 0.370 e. The molecule has 2 N–H and O–H groups in total. The molecule has 4 nitrogen and oxygen atoms in total. The van der Waals surface area contributed by atoms with E-state index in [1.807, 2.05) is 44.2 Å². The second-order valence-electron chi connectivity index (χ2n) is 5.11. The number of hydrogen-bond donors (Lipinski definition) is 1. The molecule has 20 heavy (non-hydrogen) atoms. The highest BCUT2D eigenvalue weighted by Gasteiger charge is 2.24. The molecular formula is C15H21BrN2O2. The molecule has 2 amide bonds. The van der Waals surface area contributed by atoms with Gasteiger partial charge in [-0.25, -0.2) is 0 Å². The molecule has 1 aromatic rings. The number of halogens is 1. The van der Waals surface area contributed by atoms with Gasteiger partial charge in [-0.15, -0.1) is 0 Å². The smallest absolute Gasteiger partial charge is 0.236 e. The average Bonchev–Trinajstić information content (AvgIpc) is 2.42. The summed E-state index contributed by atoms with van der Waals surface area (Å²) in [6.07, 6.45) is 0.177. The van der Waals surface area contributed by atoms with Crippen molar-refractivity contribution >= 4 is 27.7 Å². The summed E-state index contributed by atoms with van der Waals surface area (Å²) in [7, 11) is 0. The first kappa shape index (κ1) is 16.7. The topological polar surface area (TPSA) is 63.4 Å². The Bertz CT molecular complexity index is 448. The van der Waals surface area contributed by atoms with Gasteiger partial charge in [-0.1, -0.05) is 60.1 Å². The van der Waals surface area contributed by atoms with Crippen molar-refractivity contribution in [1.29, 1.82) is 0 Å². The van der Waals surface area contributed by atoms with Crippen LogP contribution in [0.15, 0.2) is 30.3 Å². The standard InChI is InChI=1S/C15H21BrN2O2/c1-11(2)14(16)15(20)18(9-8-13(17)19)10-12-6-4-3-5-7-12/h3-7,11,14H,8-10H2,1-2H3,(H2,17,19). The van der Waals surface area contributed by atoms with Gasteiger partial charge in [-0.3, -0.25) is 9.59 Å². The lowest BCUT2D eigenvalue weighted by molar-refractivity contribution is -0.132. The fourth-order valence-corrected chi connectivity index (χ4v) is 2.07. The molecule has 0 bridgehead atoms. The maximum atomic E-state index is 12.4. The number of benzene rings is 1. The van der Waals surface area contributed by atoms with Crippen LogP contribution in [0.25, 0.3) is 0 Å². The highest BCUT2D eigenvalue weighted by molar-refractivity contribution is 9.10. The molecule has 0 aliphatic rings. The van der Waals surface area contributed by atoms with Gasteiger partial charge in [0.15, 0.2) is 0 Å². The molecule has 0 aliphatic carbocycles. The molecule has 1 unspecified atom stereocenters. The molecule has 1 rings (SSSR count). The minimum absolute atomic E-state index is 0.00916. The molecule has 110 valence electrons. The lowest BCUT2D eigenvalue weighted by atomic mass is 10.1. The number of amides is 2. The van der Waals surface area contributed by atoms with Crippen LogP contribution in [0, 0.1) is 5.92 Å². The Labute approximate surface area is 128 Å². The second-order valence-corrected chi connectivity index (χ2v) is 6.09. The Hall–Kier alpha value is -1.36. The van der Waals surface area contributed by atoms with Gasteiger partial charge in [0.25, 0.3) is 0 Å². The quantitative estimate of drug-likeness (QED) is 0.774. The molecule has 0 fully saturated rings. The van der Waals surface area contributed by atoms with E-state index < -0.39 is 5.91 Å². The molecule has 0 aliphatic heterocycles. The van der Waals surface area contributed by atoms with Crippen LogP contribution < -0.4 is 5.73 Å². The summed E-state index contributed by atoms with van der Waals surface area (Å²) in [5.74, 6) is -0.217. The maximum absolute atomic E-state index is 12.4. The summed E-state index contributed by atoms with van der Waals surface area (Å²) in [4.78, 5) is 24.8. The van der Waals surface area contributed by atoms with Gasteiger partial charge in [-0.05, 0) is 11.5 Å². The minimum atomic E-state index is -0.397. The number of rotatable bonds is 7. The second kappa shape index (κ2) is 8.04. The van der Waals surface area contributed by atoms with Crippen molar-refractivity contribution in [3.8, 4) is 0 Å². The summed E-state index contributed by atoms with van der Waals surface area (Å²) >= 11 is 3.42. The Morgan fingerprint density at radius 1 is 1.25 bits per heavy atom. The van der Waals surface area contributed by atoms with Crippen LogP contribution in [-0.2, 0) is 16.1 Å². The van der Waals surface area contributed by atoms with Crippen LogP contribution in [0.2, 0.25) is 0 Å². The Kier molecular flexibility index (Phi) is 6.71. The number of carbonyl (C=O) groups excluding carboxylic acids is 2. The van der Waals surface area contributed by atoms with E-state index in [0.717, 1.165) is 5.56 Å². The number of hydrogen-bond acceptors (Lipinski definition) is 2. The predicted octanol–water partition coefficient (Wildman–Crippen LogP) is 2.31. The van der Waals surface area contributed by atoms with Gasteiger partial charge in [0.05, 0.1) is 4.83 Å². The van der Waals surface area contributed by atoms with Crippen LogP contribution in [0.5, 0.6) is 0 Å². The van der Waals surface area contributed by atoms with Crippen molar-refractivity contribution in [3.05, 3.63) is 35.9 Å². The van der Waals surface area contributed by atoms with Crippen LogP contribution >= 0.6 is 15.9 Å². The average molecular weight is 341 g/mol. The van der Waals surface area contributed by atoms with E-state index >= 15 is 0 Å². The van der Waals surface area contributed by atoms with Gasteiger partial charge in [-0.2, -0.15) is 0 Å². The lowest BCUT2D eigenvalue weighted by Crippen LogP contribution is -2.40. The fourth-order valence-electron chi connectivity index (χ4n) is 1.78. The van der Waals surface area contributed by atoms with Crippen molar-refractivity contribution in [2.24, 2.45) is 11.7 Å². The number of carbonyl (C=O) groups is 2. The molecule has 0 radical (unpaired) electrons. The Morgan fingerprint density at radius 3 is 2.35 bits per heavy atom. The van der Waals surface area contributed by atoms with Gasteiger partial charge < -0.3 is 10.6 Å². The molecule has 0 saturated carbocycles. The molecular weight excluding hydrogens is 320 g/mol. The summed E-state index contributed by atoms with van der Waals surface area (Å²) in [5, 5.41) is 0. The summed E-state index contributed by atoms with van der Waals surface area (Å²) in [5.41, 5.74) is 6.22. The van der Waals surface area contributed by atoms with E-state index in [1.165, 1.54) is 0 Å². The molecule has 0 heterocycles. The Morgan fingerprint density at radius 2 is 1.85 bits per heavy atom. The third-order valence-corrected chi connectivity index (χ3v) is 4.43. The van der Waals surface area contributed by atoms with Crippen LogP contribution in [0.1, 0.15) is 25.8 Å². The molecule has 0 spiro atoms. The Balaban J connectivity index is 2.79. The van der Waals surface area contributed by atoms with E-state index in [9.17, 15) is 9.59 Å². The summed E-state index contributed by atoms with van der Waals surface area (Å²) in [6.45, 7) is 4.79. The number of nitrogens with zero attached hydrogens (tertiary/aromatic N) is 1. The zero-order valence-corrected chi connectivity index (χ0v) is 13.5. The predicted molar refractivity (Wildman–Crippen MR) is 83.2 cm³/mol. The van der Waals surface area contributed by atoms with E-state index in [1.54, 1.807) is 4.90 Å². The van der Waals surface area contributed by atoms with Crippen molar-refractivity contribution < 1.29 is 9.59 Å². The highest BCUT2D eigenvalue weighted by atomic mass is 79.9. The van der Waals surface area contributed by atoms with E-state index in [4.69, 9.17) is 5.73 Å². The summed E-state index contributed by atoms with van der Waals surface area (Å²) < 4.78 is 0. The fraction of sp³-hybridized carbons (Fsp3) is 0.467. The monoisotopic (exact) mass is 340 g/mol. The molecule has 1 aromatic carbocycles. The van der Waals surface area contributed by atoms with Crippen molar-refractivity contribution in [3.63, 3.8) is 0 Å². The van der Waals surface area contributed by atoms with Crippen molar-refractivity contribution in [2.75, 3.05) is 6.54 Å². The molecule has 5 heteroatoms. The first-order chi connectivity index (χ1) is 9.41. The first-order valence-electron chi connectivity index (χ1n) is 6.67. The normalized spacial score (nSPS) is 12.2. The highest BCUT2D eigenvalue weighted by Crippen LogP contribution is 2.17. The minimum Gasteiger partial charge on any atom is -0.370 e. The van der Waals surface area contributed by atoms with Crippen LogP contribution in [0.3, 0.4) is 0 Å². The number of primary amides is 1. The lowest BCUT2D eigenvalue weighted by Gasteiger charge is -2.26. The summed E-state index contributed by atoms with van der Waals surface area (Å²) in [6, 6.07) is 9.72. The zero-order chi connectivity index (χ0) is 15.1. The molecule has 0 aromatic heterocycles. The van der Waals surface area contributed by atoms with Gasteiger partial charge in [0.2, 0.25) is 11.8 Å². The van der Waals surface area contributed by atoms with E-state index in [2.05, 4.69) is 15.9 Å². The molecule has 0 saturated heterocycles. The SMILES string of the molecule is CC(C)C(Br)C(=O)N(CCC(N)=O)Cc1ccccc1. The van der Waals surface area contributed by atoms with Gasteiger partial charge in [0.1, 0.15) is 0 Å². The van der Waals surface area contributed by atoms with Crippen LogP contribution in [0.4, 0.5) is 0 Å². The number of alkyl halides is 1. The third-order valence-electron chi connectivity index (χ3n) is 2.98. The maximum Gasteiger partial charge on any atom is 0.236 e. The van der Waals surface area contributed by atoms with Crippen LogP contribution in [-0.4, -0.2) is 28.1 Å². The number of nitrogens with two attached hydrogens (primary N) is 1. The van der Waals surface area contributed by atoms with Crippen molar-refractivity contribution in [2.45, 2.75) is 31.6 Å². The first-order valence-corrected chi connectivity index (χ1v) is 7.58.